The zero-order valence-corrected chi connectivity index (χ0v) is 32.5. The highest BCUT2D eigenvalue weighted by atomic mass is 15.0. The second-order valence-corrected chi connectivity index (χ2v) is 15.4. The lowest BCUT2D eigenvalue weighted by atomic mass is 9.66. The molecule has 0 bridgehead atoms. The molecule has 11 rings (SSSR count). The number of hydrogen-bond donors (Lipinski definition) is 0. The Balaban J connectivity index is 1.10. The molecule has 59 heavy (non-hydrogen) atoms. The maximum Gasteiger partial charge on any atom is 0.164 e. The molecule has 2 aliphatic carbocycles. The third-order valence-electron chi connectivity index (χ3n) is 12.1. The third-order valence-corrected chi connectivity index (χ3v) is 12.1. The Hall–Kier alpha value is -7.49. The second-order valence-electron chi connectivity index (χ2n) is 15.4. The molecule has 2 aliphatic rings. The molecule has 0 aliphatic heterocycles. The molecule has 9 aromatic rings. The fourth-order valence-electron chi connectivity index (χ4n) is 9.56. The van der Waals surface area contributed by atoms with Gasteiger partial charge >= 0.3 is 0 Å². The topological polar surface area (TPSA) is 38.7 Å². The van der Waals surface area contributed by atoms with Crippen molar-refractivity contribution in [2.24, 2.45) is 0 Å². The van der Waals surface area contributed by atoms with E-state index < -0.39 is 5.41 Å². The lowest BCUT2D eigenvalue weighted by molar-refractivity contribution is 0.760. The van der Waals surface area contributed by atoms with Gasteiger partial charge in [0.05, 0.1) is 5.41 Å². The summed E-state index contributed by atoms with van der Waals surface area (Å²) < 4.78 is 0. The van der Waals surface area contributed by atoms with Crippen LogP contribution in [0.1, 0.15) is 40.7 Å². The van der Waals surface area contributed by atoms with Crippen molar-refractivity contribution in [2.75, 3.05) is 0 Å². The van der Waals surface area contributed by atoms with Crippen LogP contribution in [0.3, 0.4) is 0 Å². The number of hydrogen-bond acceptors (Lipinski definition) is 3. The Morgan fingerprint density at radius 3 is 1.49 bits per heavy atom. The SMILES string of the molecule is C1=C2C(=C(c3ccc4ccccc4c3-c3ccc(-c4nc(-c5ccccc5)nc(-c5ccccc5)n4)cc3)CC1)c1ccccc1C2(c1ccccc1)c1ccccc1. The summed E-state index contributed by atoms with van der Waals surface area (Å²) >= 11 is 0. The van der Waals surface area contributed by atoms with Crippen LogP contribution in [-0.2, 0) is 5.41 Å². The van der Waals surface area contributed by atoms with Crippen LogP contribution in [0.25, 0.3) is 67.2 Å². The molecule has 0 unspecified atom stereocenters. The summed E-state index contributed by atoms with van der Waals surface area (Å²) in [5.74, 6) is 1.96. The molecule has 0 saturated carbocycles. The van der Waals surface area contributed by atoms with Crippen molar-refractivity contribution in [1.82, 2.24) is 15.0 Å². The van der Waals surface area contributed by atoms with E-state index in [4.69, 9.17) is 15.0 Å². The second kappa shape index (κ2) is 14.5. The van der Waals surface area contributed by atoms with Crippen molar-refractivity contribution < 1.29 is 0 Å². The summed E-state index contributed by atoms with van der Waals surface area (Å²) in [7, 11) is 0. The number of fused-ring (bicyclic) bond motifs is 4. The number of aromatic nitrogens is 3. The highest BCUT2D eigenvalue weighted by Gasteiger charge is 2.49. The van der Waals surface area contributed by atoms with Crippen LogP contribution in [0, 0.1) is 0 Å². The molecule has 0 spiro atoms. The third kappa shape index (κ3) is 5.77. The Labute approximate surface area is 344 Å². The van der Waals surface area contributed by atoms with Gasteiger partial charge in [0.2, 0.25) is 0 Å². The van der Waals surface area contributed by atoms with Crippen molar-refractivity contribution >= 4 is 21.9 Å². The molecule has 0 amide bonds. The fourth-order valence-corrected chi connectivity index (χ4v) is 9.56. The van der Waals surface area contributed by atoms with E-state index in [1.165, 1.54) is 60.9 Å². The van der Waals surface area contributed by atoms with E-state index >= 15 is 0 Å². The molecule has 0 atom stereocenters. The van der Waals surface area contributed by atoms with E-state index in [9.17, 15) is 0 Å². The van der Waals surface area contributed by atoms with Gasteiger partial charge in [0, 0.05) is 16.7 Å². The minimum absolute atomic E-state index is 0.430. The van der Waals surface area contributed by atoms with Crippen LogP contribution in [0.2, 0.25) is 0 Å². The maximum atomic E-state index is 5.03. The van der Waals surface area contributed by atoms with Gasteiger partial charge in [-0.25, -0.2) is 15.0 Å². The van der Waals surface area contributed by atoms with E-state index in [1.807, 2.05) is 60.7 Å². The fraction of sp³-hybridized carbons (Fsp3) is 0.0536. The Morgan fingerprint density at radius 1 is 0.390 bits per heavy atom. The number of nitrogens with zero attached hydrogens (tertiary/aromatic N) is 3. The predicted molar refractivity (Wildman–Crippen MR) is 242 cm³/mol. The Kier molecular flexibility index (Phi) is 8.52. The molecule has 3 nitrogen and oxygen atoms in total. The van der Waals surface area contributed by atoms with Crippen LogP contribution in [0.15, 0.2) is 218 Å². The molecule has 0 N–H and O–H groups in total. The van der Waals surface area contributed by atoms with Crippen LogP contribution >= 0.6 is 0 Å². The molecule has 0 fully saturated rings. The average Bonchev–Trinajstić information content (AvgIpc) is 3.63. The highest BCUT2D eigenvalue weighted by molar-refractivity contribution is 6.11. The predicted octanol–water partition coefficient (Wildman–Crippen LogP) is 13.7. The van der Waals surface area contributed by atoms with Crippen LogP contribution < -0.4 is 0 Å². The Bertz CT molecular complexity index is 2960. The lowest BCUT2D eigenvalue weighted by Gasteiger charge is -2.35. The van der Waals surface area contributed by atoms with Crippen LogP contribution in [0.5, 0.6) is 0 Å². The first-order valence-electron chi connectivity index (χ1n) is 20.4. The van der Waals surface area contributed by atoms with Gasteiger partial charge in [-0.2, -0.15) is 0 Å². The van der Waals surface area contributed by atoms with E-state index in [0.29, 0.717) is 17.5 Å². The maximum absolute atomic E-state index is 5.03. The smallest absolute Gasteiger partial charge is 0.164 e. The first-order chi connectivity index (χ1) is 29.3. The van der Waals surface area contributed by atoms with Crippen molar-refractivity contribution in [1.29, 1.82) is 0 Å². The molecule has 3 heteroatoms. The van der Waals surface area contributed by atoms with Gasteiger partial charge in [0.1, 0.15) is 0 Å². The zero-order valence-electron chi connectivity index (χ0n) is 32.5. The van der Waals surface area contributed by atoms with E-state index in [2.05, 4.69) is 152 Å². The van der Waals surface area contributed by atoms with Gasteiger partial charge in [0.15, 0.2) is 17.5 Å². The summed E-state index contributed by atoms with van der Waals surface area (Å²) in [6.07, 6.45) is 4.43. The van der Waals surface area contributed by atoms with E-state index in [1.54, 1.807) is 0 Å². The molecule has 1 heterocycles. The first-order valence-corrected chi connectivity index (χ1v) is 20.4. The Morgan fingerprint density at radius 2 is 0.881 bits per heavy atom. The summed E-state index contributed by atoms with van der Waals surface area (Å²) in [6.45, 7) is 0. The normalized spacial score (nSPS) is 14.1. The number of benzene rings is 8. The standard InChI is InChI=1S/C56H39N3/c1-5-19-40(20-6-1)53-57-54(41-21-7-2-8-22-41)59-55(58-53)42-34-32-39(33-35-42)51-45-27-14-13-18-38(45)36-37-47(51)46-29-17-31-50-52(46)48-28-15-16-30-49(48)56(50,43-23-9-3-10-24-43)44-25-11-4-12-26-44/h1-16,18-28,30-37H,17,29H2. The zero-order chi connectivity index (χ0) is 39.2. The van der Waals surface area contributed by atoms with Gasteiger partial charge in [-0.1, -0.05) is 212 Å². The van der Waals surface area contributed by atoms with Gasteiger partial charge < -0.3 is 0 Å². The summed E-state index contributed by atoms with van der Waals surface area (Å²) in [5.41, 5.74) is 15.5. The van der Waals surface area contributed by atoms with Crippen molar-refractivity contribution in [3.63, 3.8) is 0 Å². The molecule has 0 radical (unpaired) electrons. The summed E-state index contributed by atoms with van der Waals surface area (Å²) in [5, 5.41) is 2.46. The number of allylic oxidation sites excluding steroid dienone is 4. The first kappa shape index (κ1) is 34.7. The minimum Gasteiger partial charge on any atom is -0.208 e. The van der Waals surface area contributed by atoms with E-state index in [-0.39, 0.29) is 0 Å². The number of rotatable bonds is 7. The molecular weight excluding hydrogens is 715 g/mol. The molecule has 0 saturated heterocycles. The highest BCUT2D eigenvalue weighted by Crippen LogP contribution is 2.61. The van der Waals surface area contributed by atoms with Crippen molar-refractivity contribution in [3.8, 4) is 45.3 Å². The molecule has 8 aromatic carbocycles. The van der Waals surface area contributed by atoms with Gasteiger partial charge in [-0.05, 0) is 79.3 Å². The molecular formula is C56H39N3. The van der Waals surface area contributed by atoms with Gasteiger partial charge in [0.25, 0.3) is 0 Å². The monoisotopic (exact) mass is 753 g/mol. The summed E-state index contributed by atoms with van der Waals surface area (Å²) in [4.78, 5) is 15.0. The average molecular weight is 754 g/mol. The van der Waals surface area contributed by atoms with Gasteiger partial charge in [-0.3, -0.25) is 0 Å². The van der Waals surface area contributed by atoms with Crippen LogP contribution in [-0.4, -0.2) is 15.0 Å². The largest absolute Gasteiger partial charge is 0.208 e. The minimum atomic E-state index is -0.430. The van der Waals surface area contributed by atoms with Gasteiger partial charge in [-0.15, -0.1) is 0 Å². The lowest BCUT2D eigenvalue weighted by Crippen LogP contribution is -2.29. The van der Waals surface area contributed by atoms with Crippen molar-refractivity contribution in [3.05, 3.63) is 246 Å². The van der Waals surface area contributed by atoms with Crippen LogP contribution in [0.4, 0.5) is 0 Å². The molecule has 1 aromatic heterocycles. The van der Waals surface area contributed by atoms with Crippen molar-refractivity contribution in [2.45, 2.75) is 18.3 Å². The van der Waals surface area contributed by atoms with E-state index in [0.717, 1.165) is 35.1 Å². The summed E-state index contributed by atoms with van der Waals surface area (Å²) in [6, 6.07) is 73.9. The molecule has 278 valence electrons. The quantitative estimate of drug-likeness (QED) is 0.163.